The van der Waals surface area contributed by atoms with E-state index >= 15 is 0 Å². The van der Waals surface area contributed by atoms with Gasteiger partial charge in [0.15, 0.2) is 0 Å². The molecule has 0 spiro atoms. The summed E-state index contributed by atoms with van der Waals surface area (Å²) in [5.74, 6) is 0.867. The van der Waals surface area contributed by atoms with Crippen LogP contribution in [0.15, 0.2) is 24.4 Å². The summed E-state index contributed by atoms with van der Waals surface area (Å²) in [6.07, 6.45) is 4.35. The molecule has 1 aliphatic rings. The Hall–Kier alpha value is -1.81. The minimum Gasteiger partial charge on any atom is -0.492 e. The van der Waals surface area contributed by atoms with Crippen LogP contribution in [0, 0.1) is 13.0 Å². The average Bonchev–Trinajstić information content (AvgIpc) is 3.08. The Morgan fingerprint density at radius 3 is 3.16 bits per heavy atom. The summed E-state index contributed by atoms with van der Waals surface area (Å²) in [5, 5.41) is 10.4. The van der Waals surface area contributed by atoms with Gasteiger partial charge in [0.05, 0.1) is 5.69 Å². The molecule has 1 radical (unpaired) electrons. The second-order valence-corrected chi connectivity index (χ2v) is 4.95. The van der Waals surface area contributed by atoms with Gasteiger partial charge in [0.1, 0.15) is 12.4 Å². The van der Waals surface area contributed by atoms with Gasteiger partial charge >= 0.3 is 0 Å². The normalized spacial score (nSPS) is 18.7. The van der Waals surface area contributed by atoms with Crippen LogP contribution in [0.5, 0.6) is 5.75 Å². The van der Waals surface area contributed by atoms with Crippen LogP contribution >= 0.6 is 0 Å². The number of nitrogens with one attached hydrogen (secondary N) is 2. The monoisotopic (exact) mass is 256 g/mol. The molecule has 2 aromatic rings. The van der Waals surface area contributed by atoms with Crippen LogP contribution in [-0.2, 0) is 0 Å². The molecule has 1 unspecified atom stereocenters. The minimum atomic E-state index is 0.485. The number of nitrogens with zero attached hydrogens (tertiary/aromatic N) is 1. The summed E-state index contributed by atoms with van der Waals surface area (Å²) in [5.41, 5.74) is 3.17. The Balaban J connectivity index is 1.71. The Labute approximate surface area is 113 Å². The third-order valence-electron chi connectivity index (χ3n) is 3.52. The van der Waals surface area contributed by atoms with Crippen LogP contribution in [0.3, 0.4) is 0 Å². The first-order chi connectivity index (χ1) is 9.33. The van der Waals surface area contributed by atoms with E-state index in [-0.39, 0.29) is 0 Å². The van der Waals surface area contributed by atoms with E-state index in [1.54, 1.807) is 0 Å². The van der Waals surface area contributed by atoms with Gasteiger partial charge in [-0.2, -0.15) is 5.10 Å². The van der Waals surface area contributed by atoms with Crippen molar-refractivity contribution in [2.75, 3.05) is 13.2 Å². The van der Waals surface area contributed by atoms with Crippen molar-refractivity contribution >= 4 is 0 Å². The number of aryl methyl sites for hydroxylation is 1. The van der Waals surface area contributed by atoms with Crippen molar-refractivity contribution in [3.63, 3.8) is 0 Å². The van der Waals surface area contributed by atoms with Gasteiger partial charge in [-0.25, -0.2) is 0 Å². The number of ether oxygens (including phenoxy) is 1. The summed E-state index contributed by atoms with van der Waals surface area (Å²) >= 11 is 0. The van der Waals surface area contributed by atoms with Gasteiger partial charge in [-0.3, -0.25) is 5.10 Å². The zero-order valence-corrected chi connectivity index (χ0v) is 11.1. The molecule has 0 aliphatic carbocycles. The minimum absolute atomic E-state index is 0.485. The molecule has 99 valence electrons. The van der Waals surface area contributed by atoms with E-state index in [9.17, 15) is 0 Å². The molecule has 1 aromatic heterocycles. The first-order valence-electron chi connectivity index (χ1n) is 6.71. The fraction of sp³-hybridized carbons (Fsp3) is 0.400. The number of hydrogen-bond acceptors (Lipinski definition) is 3. The highest BCUT2D eigenvalue weighted by atomic mass is 16.5. The maximum atomic E-state index is 5.84. The van der Waals surface area contributed by atoms with E-state index in [0.29, 0.717) is 6.04 Å². The molecule has 1 saturated heterocycles. The van der Waals surface area contributed by atoms with Crippen LogP contribution in [0.4, 0.5) is 0 Å². The smallest absolute Gasteiger partial charge is 0.120 e. The molecule has 19 heavy (non-hydrogen) atoms. The number of rotatable bonds is 4. The largest absolute Gasteiger partial charge is 0.492 e. The van der Waals surface area contributed by atoms with Crippen LogP contribution in [0.2, 0.25) is 0 Å². The second-order valence-electron chi connectivity index (χ2n) is 4.95. The molecule has 0 amide bonds. The summed E-state index contributed by atoms with van der Waals surface area (Å²) in [7, 11) is 0. The van der Waals surface area contributed by atoms with Crippen molar-refractivity contribution in [2.45, 2.75) is 25.8 Å². The van der Waals surface area contributed by atoms with E-state index < -0.39 is 0 Å². The lowest BCUT2D eigenvalue weighted by Gasteiger charge is -2.12. The number of aromatic nitrogens is 2. The fourth-order valence-corrected chi connectivity index (χ4v) is 2.44. The van der Waals surface area contributed by atoms with Gasteiger partial charge in [-0.1, -0.05) is 0 Å². The van der Waals surface area contributed by atoms with Crippen molar-refractivity contribution < 1.29 is 4.74 Å². The Bertz CT molecular complexity index is 544. The Kier molecular flexibility index (Phi) is 3.51. The molecule has 1 fully saturated rings. The first kappa shape index (κ1) is 12.2. The fourth-order valence-electron chi connectivity index (χ4n) is 2.44. The Morgan fingerprint density at radius 2 is 2.42 bits per heavy atom. The summed E-state index contributed by atoms with van der Waals surface area (Å²) in [4.78, 5) is 0. The zero-order valence-electron chi connectivity index (χ0n) is 11.1. The van der Waals surface area contributed by atoms with Crippen molar-refractivity contribution in [1.82, 2.24) is 15.5 Å². The van der Waals surface area contributed by atoms with Crippen molar-refractivity contribution in [3.05, 3.63) is 36.2 Å². The van der Waals surface area contributed by atoms with E-state index in [4.69, 9.17) is 4.74 Å². The SMILES string of the molecule is Cc1n[nH]cc1-c1c[c]cc(OCC2CCCN2)c1. The van der Waals surface area contributed by atoms with Crippen molar-refractivity contribution in [1.29, 1.82) is 0 Å². The molecule has 3 rings (SSSR count). The molecule has 1 aliphatic heterocycles. The van der Waals surface area contributed by atoms with Gasteiger partial charge in [0.25, 0.3) is 0 Å². The highest BCUT2D eigenvalue weighted by Crippen LogP contribution is 2.25. The third kappa shape index (κ3) is 2.79. The maximum Gasteiger partial charge on any atom is 0.120 e. The molecule has 4 nitrogen and oxygen atoms in total. The van der Waals surface area contributed by atoms with Crippen LogP contribution < -0.4 is 10.1 Å². The van der Waals surface area contributed by atoms with E-state index in [1.165, 1.54) is 12.8 Å². The maximum absolute atomic E-state index is 5.84. The van der Waals surface area contributed by atoms with Crippen LogP contribution in [0.1, 0.15) is 18.5 Å². The third-order valence-corrected chi connectivity index (χ3v) is 3.52. The van der Waals surface area contributed by atoms with E-state index in [2.05, 4.69) is 21.6 Å². The number of aromatic amines is 1. The van der Waals surface area contributed by atoms with E-state index in [1.807, 2.05) is 31.3 Å². The van der Waals surface area contributed by atoms with E-state index in [0.717, 1.165) is 35.7 Å². The van der Waals surface area contributed by atoms with Crippen LogP contribution in [0.25, 0.3) is 11.1 Å². The van der Waals surface area contributed by atoms with Crippen molar-refractivity contribution in [3.8, 4) is 16.9 Å². The summed E-state index contributed by atoms with van der Waals surface area (Å²) in [6.45, 7) is 3.82. The lowest BCUT2D eigenvalue weighted by molar-refractivity contribution is 0.277. The van der Waals surface area contributed by atoms with Crippen LogP contribution in [-0.4, -0.2) is 29.4 Å². The summed E-state index contributed by atoms with van der Waals surface area (Å²) in [6, 6.07) is 9.50. The molecule has 2 N–H and O–H groups in total. The standard InChI is InChI=1S/C15H18N3O/c1-11-15(9-17-18-11)12-4-2-6-14(8-12)19-10-13-5-3-7-16-13/h4,6,8-9,13,16H,3,5,7,10H2,1H3,(H,17,18). The topological polar surface area (TPSA) is 49.9 Å². The van der Waals surface area contributed by atoms with Crippen molar-refractivity contribution in [2.24, 2.45) is 0 Å². The molecule has 2 heterocycles. The van der Waals surface area contributed by atoms with Gasteiger partial charge < -0.3 is 10.1 Å². The first-order valence-corrected chi connectivity index (χ1v) is 6.71. The zero-order chi connectivity index (χ0) is 13.1. The highest BCUT2D eigenvalue weighted by molar-refractivity contribution is 5.66. The Morgan fingerprint density at radius 1 is 1.47 bits per heavy atom. The number of H-pyrrole nitrogens is 1. The second kappa shape index (κ2) is 5.45. The average molecular weight is 256 g/mol. The lowest BCUT2D eigenvalue weighted by Crippen LogP contribution is -2.28. The quantitative estimate of drug-likeness (QED) is 0.882. The highest BCUT2D eigenvalue weighted by Gasteiger charge is 2.14. The molecule has 4 heteroatoms. The van der Waals surface area contributed by atoms with Gasteiger partial charge in [-0.05, 0) is 56.1 Å². The molecular weight excluding hydrogens is 238 g/mol. The van der Waals surface area contributed by atoms with Gasteiger partial charge in [-0.15, -0.1) is 0 Å². The molecule has 1 aromatic carbocycles. The molecular formula is C15H18N3O. The number of benzene rings is 1. The van der Waals surface area contributed by atoms with Gasteiger partial charge in [0.2, 0.25) is 0 Å². The molecule has 0 saturated carbocycles. The lowest BCUT2D eigenvalue weighted by atomic mass is 10.1. The predicted octanol–water partition coefficient (Wildman–Crippen LogP) is 2.32. The van der Waals surface area contributed by atoms with Gasteiger partial charge in [0, 0.05) is 17.8 Å². The molecule has 0 bridgehead atoms. The molecule has 1 atom stereocenters. The number of hydrogen-bond donors (Lipinski definition) is 2. The predicted molar refractivity (Wildman–Crippen MR) is 74.1 cm³/mol. The summed E-state index contributed by atoms with van der Waals surface area (Å²) < 4.78 is 5.84.